The average Bonchev–Trinajstić information content (AvgIpc) is 3.14. The Hall–Kier alpha value is -2.97. The highest BCUT2D eigenvalue weighted by atomic mass is 16.1. The molecule has 0 bridgehead atoms. The molecule has 1 aliphatic heterocycles. The van der Waals surface area contributed by atoms with Crippen LogP contribution in [0, 0.1) is 17.2 Å². The molecule has 0 spiro atoms. The van der Waals surface area contributed by atoms with Gasteiger partial charge in [-0.05, 0) is 62.2 Å². The van der Waals surface area contributed by atoms with E-state index in [0.717, 1.165) is 41.8 Å². The number of ketones is 1. The van der Waals surface area contributed by atoms with Crippen molar-refractivity contribution in [1.29, 1.82) is 5.26 Å². The van der Waals surface area contributed by atoms with E-state index in [0.29, 0.717) is 24.3 Å². The van der Waals surface area contributed by atoms with Gasteiger partial charge >= 0.3 is 0 Å². The maximum Gasteiger partial charge on any atom is 0.137 e. The van der Waals surface area contributed by atoms with Crippen LogP contribution < -0.4 is 0 Å². The molecule has 0 unspecified atom stereocenters. The lowest BCUT2D eigenvalue weighted by Crippen LogP contribution is -2.35. The number of aromatic amines is 1. The minimum absolute atomic E-state index is 0.217. The molecule has 2 aromatic carbocycles. The Bertz CT molecular complexity index is 982. The number of rotatable bonds is 5. The lowest BCUT2D eigenvalue weighted by Gasteiger charge is -2.35. The SMILES string of the molecule is CN1CC[C@@H](CC(=O)Cc2ccc(C#N)cc2)C[C@@H]1c1nc2ccccc2[nH]1. The predicted molar refractivity (Wildman–Crippen MR) is 109 cm³/mol. The Morgan fingerprint density at radius 1 is 1.25 bits per heavy atom. The topological polar surface area (TPSA) is 72.8 Å². The molecule has 1 aliphatic rings. The highest BCUT2D eigenvalue weighted by molar-refractivity contribution is 5.81. The fourth-order valence-electron chi connectivity index (χ4n) is 4.11. The fraction of sp³-hybridized carbons (Fsp3) is 0.348. The number of fused-ring (bicyclic) bond motifs is 1. The highest BCUT2D eigenvalue weighted by Gasteiger charge is 2.30. The molecule has 142 valence electrons. The van der Waals surface area contributed by atoms with E-state index in [9.17, 15) is 4.79 Å². The molecule has 2 atom stereocenters. The van der Waals surface area contributed by atoms with Crippen LogP contribution in [-0.2, 0) is 11.2 Å². The molecule has 1 N–H and O–H groups in total. The number of Topliss-reactive ketones (excluding diaryl/α,β-unsaturated/α-hetero) is 1. The molecule has 4 rings (SSSR count). The predicted octanol–water partition coefficient (Wildman–Crippen LogP) is 4.02. The van der Waals surface area contributed by atoms with Gasteiger partial charge in [0, 0.05) is 12.8 Å². The minimum Gasteiger partial charge on any atom is -0.341 e. The number of piperidine rings is 1. The Morgan fingerprint density at radius 3 is 2.79 bits per heavy atom. The first kappa shape index (κ1) is 18.4. The first-order valence-corrected chi connectivity index (χ1v) is 9.78. The van der Waals surface area contributed by atoms with Crippen molar-refractivity contribution in [3.63, 3.8) is 0 Å². The first-order valence-electron chi connectivity index (χ1n) is 9.78. The van der Waals surface area contributed by atoms with Crippen molar-refractivity contribution in [2.75, 3.05) is 13.6 Å². The molecule has 0 saturated carbocycles. The number of nitrogens with zero attached hydrogens (tertiary/aromatic N) is 3. The number of nitrogens with one attached hydrogen (secondary N) is 1. The van der Waals surface area contributed by atoms with Gasteiger partial charge in [-0.3, -0.25) is 9.69 Å². The van der Waals surface area contributed by atoms with Crippen molar-refractivity contribution in [1.82, 2.24) is 14.9 Å². The second-order valence-electron chi connectivity index (χ2n) is 7.75. The third-order valence-electron chi connectivity index (χ3n) is 5.70. The van der Waals surface area contributed by atoms with Crippen molar-refractivity contribution in [3.8, 4) is 6.07 Å². The number of aromatic nitrogens is 2. The van der Waals surface area contributed by atoms with Gasteiger partial charge in [0.2, 0.25) is 0 Å². The number of carbonyl (C=O) groups excluding carboxylic acids is 1. The molecular formula is C23H24N4O. The largest absolute Gasteiger partial charge is 0.341 e. The van der Waals surface area contributed by atoms with Crippen molar-refractivity contribution >= 4 is 16.8 Å². The van der Waals surface area contributed by atoms with E-state index in [-0.39, 0.29) is 11.8 Å². The zero-order valence-electron chi connectivity index (χ0n) is 16.1. The Kier molecular flexibility index (Phi) is 5.23. The van der Waals surface area contributed by atoms with Crippen molar-refractivity contribution in [2.24, 2.45) is 5.92 Å². The third-order valence-corrected chi connectivity index (χ3v) is 5.70. The van der Waals surface area contributed by atoms with Crippen LogP contribution in [0.4, 0.5) is 0 Å². The van der Waals surface area contributed by atoms with E-state index < -0.39 is 0 Å². The number of carbonyl (C=O) groups is 1. The molecule has 1 aromatic heterocycles. The van der Waals surface area contributed by atoms with Gasteiger partial charge < -0.3 is 4.98 Å². The summed E-state index contributed by atoms with van der Waals surface area (Å²) in [6.07, 6.45) is 3.01. The monoisotopic (exact) mass is 372 g/mol. The molecule has 0 radical (unpaired) electrons. The van der Waals surface area contributed by atoms with Gasteiger partial charge in [0.25, 0.3) is 0 Å². The second-order valence-corrected chi connectivity index (χ2v) is 7.75. The normalized spacial score (nSPS) is 20.1. The molecule has 2 heterocycles. The van der Waals surface area contributed by atoms with Gasteiger partial charge in [-0.15, -0.1) is 0 Å². The summed E-state index contributed by atoms with van der Waals surface area (Å²) in [4.78, 5) is 23.2. The summed E-state index contributed by atoms with van der Waals surface area (Å²) in [6.45, 7) is 0.969. The van der Waals surface area contributed by atoms with Crippen LogP contribution >= 0.6 is 0 Å². The summed E-state index contributed by atoms with van der Waals surface area (Å²) < 4.78 is 0. The standard InChI is InChI=1S/C23H24N4O/c1-27-11-10-18(13-19(28)12-16-6-8-17(15-24)9-7-16)14-22(27)23-25-20-4-2-3-5-21(20)26-23/h2-9,18,22H,10-14H2,1H3,(H,25,26)/t18-,22+/m0/s1. The number of hydrogen-bond acceptors (Lipinski definition) is 4. The van der Waals surface area contributed by atoms with E-state index >= 15 is 0 Å². The first-order chi connectivity index (χ1) is 13.6. The molecule has 1 fully saturated rings. The van der Waals surface area contributed by atoms with E-state index in [1.807, 2.05) is 36.4 Å². The summed E-state index contributed by atoms with van der Waals surface area (Å²) in [6, 6.07) is 17.7. The fourth-order valence-corrected chi connectivity index (χ4v) is 4.11. The van der Waals surface area contributed by atoms with Gasteiger partial charge in [0.05, 0.1) is 28.7 Å². The summed E-state index contributed by atoms with van der Waals surface area (Å²) in [5, 5.41) is 8.88. The Morgan fingerprint density at radius 2 is 2.04 bits per heavy atom. The lowest BCUT2D eigenvalue weighted by molar-refractivity contribution is -0.119. The number of likely N-dealkylation sites (tertiary alicyclic amines) is 1. The van der Waals surface area contributed by atoms with E-state index in [4.69, 9.17) is 10.2 Å². The molecule has 0 amide bonds. The zero-order chi connectivity index (χ0) is 19.5. The van der Waals surface area contributed by atoms with E-state index in [2.05, 4.69) is 23.0 Å². The zero-order valence-corrected chi connectivity index (χ0v) is 16.1. The Labute approximate surface area is 165 Å². The molecule has 5 nitrogen and oxygen atoms in total. The van der Waals surface area contributed by atoms with Crippen molar-refractivity contribution in [2.45, 2.75) is 31.7 Å². The molecule has 28 heavy (non-hydrogen) atoms. The average molecular weight is 372 g/mol. The quantitative estimate of drug-likeness (QED) is 0.734. The van der Waals surface area contributed by atoms with Crippen LogP contribution in [0.25, 0.3) is 11.0 Å². The minimum atomic E-state index is 0.217. The smallest absolute Gasteiger partial charge is 0.137 e. The molecule has 1 saturated heterocycles. The summed E-state index contributed by atoms with van der Waals surface area (Å²) in [5.41, 5.74) is 3.65. The van der Waals surface area contributed by atoms with Crippen LogP contribution in [0.3, 0.4) is 0 Å². The van der Waals surface area contributed by atoms with Gasteiger partial charge in [-0.2, -0.15) is 5.26 Å². The second kappa shape index (κ2) is 7.95. The van der Waals surface area contributed by atoms with Crippen molar-refractivity contribution < 1.29 is 4.79 Å². The van der Waals surface area contributed by atoms with Crippen LogP contribution in [0.15, 0.2) is 48.5 Å². The Balaban J connectivity index is 1.41. The highest BCUT2D eigenvalue weighted by Crippen LogP contribution is 2.34. The summed E-state index contributed by atoms with van der Waals surface area (Å²) in [5.74, 6) is 1.64. The van der Waals surface area contributed by atoms with Crippen molar-refractivity contribution in [3.05, 3.63) is 65.5 Å². The number of benzene rings is 2. The number of hydrogen-bond donors (Lipinski definition) is 1. The number of para-hydroxylation sites is 2. The maximum absolute atomic E-state index is 12.6. The summed E-state index contributed by atoms with van der Waals surface area (Å²) in [7, 11) is 2.13. The van der Waals surface area contributed by atoms with Crippen LogP contribution in [-0.4, -0.2) is 34.2 Å². The van der Waals surface area contributed by atoms with E-state index in [1.165, 1.54) is 0 Å². The van der Waals surface area contributed by atoms with Gasteiger partial charge in [-0.1, -0.05) is 24.3 Å². The number of imidazole rings is 1. The molecule has 0 aliphatic carbocycles. The van der Waals surface area contributed by atoms with Gasteiger partial charge in [-0.25, -0.2) is 4.98 Å². The third kappa shape index (κ3) is 3.97. The van der Waals surface area contributed by atoms with Gasteiger partial charge in [0.1, 0.15) is 11.6 Å². The van der Waals surface area contributed by atoms with Crippen LogP contribution in [0.5, 0.6) is 0 Å². The van der Waals surface area contributed by atoms with E-state index in [1.54, 1.807) is 12.1 Å². The maximum atomic E-state index is 12.6. The van der Waals surface area contributed by atoms with Gasteiger partial charge in [0.15, 0.2) is 0 Å². The molecule has 3 aromatic rings. The number of nitriles is 1. The number of H-pyrrole nitrogens is 1. The summed E-state index contributed by atoms with van der Waals surface area (Å²) >= 11 is 0. The van der Waals surface area contributed by atoms with Crippen LogP contribution in [0.1, 0.15) is 42.3 Å². The molecular weight excluding hydrogens is 348 g/mol. The lowest BCUT2D eigenvalue weighted by atomic mass is 9.86. The molecule has 5 heteroatoms. The van der Waals surface area contributed by atoms with Crippen LogP contribution in [0.2, 0.25) is 0 Å².